The number of fused-ring (bicyclic) bond motifs is 1. The second-order valence-corrected chi connectivity index (χ2v) is 7.78. The monoisotopic (exact) mass is 487 g/mol. The summed E-state index contributed by atoms with van der Waals surface area (Å²) in [6, 6.07) is 6.34. The third-order valence-electron chi connectivity index (χ3n) is 4.78. The molecule has 3 heterocycles. The molecule has 0 aliphatic carbocycles. The standard InChI is InChI=1S/C21H19F2N7O3S/c1-24-17(31)11-29-10-15(27-20(32)14-9-26-30-7-3-6-25-19(14)30)18(28-29)13-8-12(34-2)4-5-16(13)33-21(22)23/h3-10,21H,11H2,1-2H3,(H,24,31)(H,27,32). The summed E-state index contributed by atoms with van der Waals surface area (Å²) in [6.07, 6.45) is 7.82. The van der Waals surface area contributed by atoms with Crippen molar-refractivity contribution in [1.82, 2.24) is 29.7 Å². The van der Waals surface area contributed by atoms with E-state index in [1.54, 1.807) is 24.4 Å². The number of aromatic nitrogens is 5. The van der Waals surface area contributed by atoms with Gasteiger partial charge in [-0.25, -0.2) is 9.50 Å². The average Bonchev–Trinajstić information content (AvgIpc) is 3.43. The van der Waals surface area contributed by atoms with Gasteiger partial charge in [0, 0.05) is 36.1 Å². The Morgan fingerprint density at radius 2 is 2.12 bits per heavy atom. The van der Waals surface area contributed by atoms with E-state index in [1.807, 2.05) is 6.26 Å². The first kappa shape index (κ1) is 23.2. The van der Waals surface area contributed by atoms with Crippen molar-refractivity contribution < 1.29 is 23.1 Å². The SMILES string of the molecule is CNC(=O)Cn1cc(NC(=O)c2cnn3cccnc23)c(-c2cc(SC)ccc2OC(F)F)n1. The number of amides is 2. The number of thioether (sulfide) groups is 1. The molecule has 0 radical (unpaired) electrons. The van der Waals surface area contributed by atoms with Gasteiger partial charge in [-0.15, -0.1) is 11.8 Å². The van der Waals surface area contributed by atoms with Gasteiger partial charge < -0.3 is 15.4 Å². The number of rotatable bonds is 8. The lowest BCUT2D eigenvalue weighted by Crippen LogP contribution is -2.23. The number of alkyl halides is 2. The zero-order valence-electron chi connectivity index (χ0n) is 18.0. The van der Waals surface area contributed by atoms with Crippen LogP contribution in [-0.2, 0) is 11.3 Å². The fourth-order valence-electron chi connectivity index (χ4n) is 3.22. The quantitative estimate of drug-likeness (QED) is 0.367. The molecule has 0 spiro atoms. The fraction of sp³-hybridized carbons (Fsp3) is 0.190. The van der Waals surface area contributed by atoms with Gasteiger partial charge in [-0.3, -0.25) is 14.3 Å². The first-order valence-corrected chi connectivity index (χ1v) is 11.1. The number of carbonyl (C=O) groups is 2. The molecule has 0 aliphatic rings. The van der Waals surface area contributed by atoms with E-state index in [2.05, 4.69) is 25.8 Å². The van der Waals surface area contributed by atoms with Crippen LogP contribution in [0.1, 0.15) is 10.4 Å². The highest BCUT2D eigenvalue weighted by Crippen LogP contribution is 2.37. The number of nitrogens with zero attached hydrogens (tertiary/aromatic N) is 5. The van der Waals surface area contributed by atoms with E-state index >= 15 is 0 Å². The first-order valence-electron chi connectivity index (χ1n) is 9.90. The van der Waals surface area contributed by atoms with Crippen LogP contribution in [-0.4, -0.2) is 56.1 Å². The Kier molecular flexibility index (Phi) is 6.72. The normalized spacial score (nSPS) is 11.1. The minimum absolute atomic E-state index is 0.119. The van der Waals surface area contributed by atoms with Gasteiger partial charge in [0.25, 0.3) is 5.91 Å². The lowest BCUT2D eigenvalue weighted by molar-refractivity contribution is -0.121. The van der Waals surface area contributed by atoms with Crippen LogP contribution in [0.5, 0.6) is 5.75 Å². The van der Waals surface area contributed by atoms with Gasteiger partial charge in [-0.1, -0.05) is 0 Å². The molecule has 2 N–H and O–H groups in total. The second-order valence-electron chi connectivity index (χ2n) is 6.90. The molecule has 4 aromatic rings. The molecule has 13 heteroatoms. The van der Waals surface area contributed by atoms with Crippen molar-refractivity contribution in [2.45, 2.75) is 18.1 Å². The van der Waals surface area contributed by atoms with Crippen LogP contribution in [0.3, 0.4) is 0 Å². The van der Waals surface area contributed by atoms with Crippen LogP contribution in [0.15, 0.2) is 53.9 Å². The highest BCUT2D eigenvalue weighted by Gasteiger charge is 2.22. The van der Waals surface area contributed by atoms with E-state index in [9.17, 15) is 18.4 Å². The Morgan fingerprint density at radius 1 is 1.29 bits per heavy atom. The van der Waals surface area contributed by atoms with Crippen molar-refractivity contribution in [1.29, 1.82) is 0 Å². The number of benzene rings is 1. The Hall–Kier alpha value is -4.00. The van der Waals surface area contributed by atoms with E-state index in [4.69, 9.17) is 4.74 Å². The lowest BCUT2D eigenvalue weighted by Gasteiger charge is -2.12. The van der Waals surface area contributed by atoms with Gasteiger partial charge in [0.2, 0.25) is 5.91 Å². The van der Waals surface area contributed by atoms with Crippen LogP contribution in [0, 0.1) is 0 Å². The van der Waals surface area contributed by atoms with Crippen molar-refractivity contribution in [3.8, 4) is 17.0 Å². The van der Waals surface area contributed by atoms with Gasteiger partial charge in [0.05, 0.1) is 11.9 Å². The summed E-state index contributed by atoms with van der Waals surface area (Å²) >= 11 is 1.40. The summed E-state index contributed by atoms with van der Waals surface area (Å²) in [7, 11) is 1.48. The number of carbonyl (C=O) groups excluding carboxylic acids is 2. The Bertz CT molecular complexity index is 1360. The molecule has 2 amide bonds. The van der Waals surface area contributed by atoms with Crippen molar-refractivity contribution in [3.63, 3.8) is 0 Å². The Morgan fingerprint density at radius 3 is 2.85 bits per heavy atom. The number of halogens is 2. The highest BCUT2D eigenvalue weighted by atomic mass is 32.2. The number of hydrogen-bond acceptors (Lipinski definition) is 7. The van der Waals surface area contributed by atoms with Gasteiger partial charge >= 0.3 is 6.61 Å². The Balaban J connectivity index is 1.78. The van der Waals surface area contributed by atoms with E-state index in [-0.39, 0.29) is 40.7 Å². The minimum Gasteiger partial charge on any atom is -0.434 e. The third-order valence-corrected chi connectivity index (χ3v) is 5.50. The fourth-order valence-corrected chi connectivity index (χ4v) is 3.66. The molecule has 34 heavy (non-hydrogen) atoms. The molecule has 0 fully saturated rings. The van der Waals surface area contributed by atoms with Crippen molar-refractivity contribution >= 4 is 34.9 Å². The van der Waals surface area contributed by atoms with E-state index < -0.39 is 12.5 Å². The number of hydrogen-bond donors (Lipinski definition) is 2. The maximum Gasteiger partial charge on any atom is 0.387 e. The van der Waals surface area contributed by atoms with Crippen LogP contribution in [0.25, 0.3) is 16.9 Å². The number of ether oxygens (including phenoxy) is 1. The summed E-state index contributed by atoms with van der Waals surface area (Å²) in [5.74, 6) is -0.987. The predicted molar refractivity (Wildman–Crippen MR) is 121 cm³/mol. The smallest absolute Gasteiger partial charge is 0.387 e. The molecular weight excluding hydrogens is 468 g/mol. The zero-order valence-corrected chi connectivity index (χ0v) is 18.8. The molecule has 0 bridgehead atoms. The molecule has 3 aromatic heterocycles. The van der Waals surface area contributed by atoms with Crippen LogP contribution in [0.2, 0.25) is 0 Å². The Labute approximate surface area is 196 Å². The van der Waals surface area contributed by atoms with Gasteiger partial charge in [0.1, 0.15) is 23.6 Å². The largest absolute Gasteiger partial charge is 0.434 e. The predicted octanol–water partition coefficient (Wildman–Crippen LogP) is 2.91. The van der Waals surface area contributed by atoms with Gasteiger partial charge in [-0.2, -0.15) is 19.0 Å². The molecule has 0 unspecified atom stereocenters. The molecular formula is C21H19F2N7O3S. The van der Waals surface area contributed by atoms with Crippen molar-refractivity contribution in [3.05, 3.63) is 54.6 Å². The molecule has 10 nitrogen and oxygen atoms in total. The molecule has 1 aromatic carbocycles. The van der Waals surface area contributed by atoms with Crippen LogP contribution < -0.4 is 15.4 Å². The molecule has 176 valence electrons. The minimum atomic E-state index is -3.06. The highest BCUT2D eigenvalue weighted by molar-refractivity contribution is 7.98. The maximum atomic E-state index is 13.1. The third kappa shape index (κ3) is 4.83. The van der Waals surface area contributed by atoms with Crippen LogP contribution >= 0.6 is 11.8 Å². The second kappa shape index (κ2) is 9.87. The molecule has 0 saturated heterocycles. The zero-order chi connectivity index (χ0) is 24.2. The average molecular weight is 487 g/mol. The number of likely N-dealkylation sites (N-methyl/N-ethyl adjacent to an activating group) is 1. The summed E-state index contributed by atoms with van der Waals surface area (Å²) in [6.45, 7) is -3.21. The summed E-state index contributed by atoms with van der Waals surface area (Å²) in [5, 5.41) is 13.7. The van der Waals surface area contributed by atoms with E-state index in [0.717, 1.165) is 4.90 Å². The summed E-state index contributed by atoms with van der Waals surface area (Å²) < 4.78 is 33.6. The molecule has 0 atom stereocenters. The lowest BCUT2D eigenvalue weighted by atomic mass is 10.1. The summed E-state index contributed by atoms with van der Waals surface area (Å²) in [5.41, 5.74) is 1.13. The summed E-state index contributed by atoms with van der Waals surface area (Å²) in [4.78, 5) is 29.9. The van der Waals surface area contributed by atoms with E-state index in [0.29, 0.717) is 5.65 Å². The van der Waals surface area contributed by atoms with Gasteiger partial charge in [-0.05, 0) is 30.5 Å². The first-order chi connectivity index (χ1) is 16.4. The number of anilines is 1. The van der Waals surface area contributed by atoms with Crippen LogP contribution in [0.4, 0.5) is 14.5 Å². The van der Waals surface area contributed by atoms with Crippen molar-refractivity contribution in [2.75, 3.05) is 18.6 Å². The molecule has 4 rings (SSSR count). The molecule has 0 saturated carbocycles. The topological polar surface area (TPSA) is 115 Å². The number of nitrogens with one attached hydrogen (secondary N) is 2. The van der Waals surface area contributed by atoms with E-state index in [1.165, 1.54) is 52.7 Å². The van der Waals surface area contributed by atoms with Gasteiger partial charge in [0.15, 0.2) is 5.65 Å². The maximum absolute atomic E-state index is 13.1. The van der Waals surface area contributed by atoms with Crippen molar-refractivity contribution in [2.24, 2.45) is 0 Å². The molecule has 0 aliphatic heterocycles.